The van der Waals surface area contributed by atoms with Gasteiger partial charge in [0.05, 0.1) is 19.8 Å². The molecule has 0 aromatic carbocycles. The van der Waals surface area contributed by atoms with E-state index >= 15 is 0 Å². The van der Waals surface area contributed by atoms with Crippen LogP contribution in [0, 0.1) is 0 Å². The van der Waals surface area contributed by atoms with Crippen molar-refractivity contribution in [3.8, 4) is 0 Å². The van der Waals surface area contributed by atoms with Crippen LogP contribution < -0.4 is 5.73 Å². The first-order valence-corrected chi connectivity index (χ1v) is 25.2. The van der Waals surface area contributed by atoms with E-state index in [4.69, 9.17) is 29.4 Å². The van der Waals surface area contributed by atoms with Gasteiger partial charge in [0, 0.05) is 13.0 Å². The summed E-state index contributed by atoms with van der Waals surface area (Å²) in [5.74, 6) is -1.79. The molecule has 0 saturated heterocycles. The first-order valence-electron chi connectivity index (χ1n) is 23.7. The molecule has 0 bridgehead atoms. The lowest BCUT2D eigenvalue weighted by molar-refractivity contribution is -0.154. The molecule has 0 aliphatic rings. The number of hydrogen-bond acceptors (Lipinski definition) is 8. The molecule has 0 saturated carbocycles. The zero-order chi connectivity index (χ0) is 43.3. The molecule has 0 rings (SSSR count). The van der Waals surface area contributed by atoms with Crippen LogP contribution in [0.4, 0.5) is 0 Å². The fourth-order valence-corrected chi connectivity index (χ4v) is 7.26. The van der Waals surface area contributed by atoms with Crippen LogP contribution >= 0.6 is 7.82 Å². The molecule has 0 aliphatic heterocycles. The number of unbranched alkanes of at least 4 members (excludes halogenated alkanes) is 23. The number of rotatable bonds is 45. The van der Waals surface area contributed by atoms with Crippen LogP contribution in [-0.4, -0.2) is 60.5 Å². The van der Waals surface area contributed by atoms with E-state index in [-0.39, 0.29) is 13.0 Å². The summed E-state index contributed by atoms with van der Waals surface area (Å²) in [6, 6.07) is -1.48. The summed E-state index contributed by atoms with van der Waals surface area (Å²) >= 11 is 0. The Morgan fingerprint density at radius 2 is 0.983 bits per heavy atom. The Bertz CT molecular complexity index is 1130. The van der Waals surface area contributed by atoms with E-state index in [1.807, 2.05) is 0 Å². The van der Waals surface area contributed by atoms with Crippen LogP contribution in [0.2, 0.25) is 0 Å². The number of esters is 1. The summed E-state index contributed by atoms with van der Waals surface area (Å²) in [6.45, 7) is 3.78. The van der Waals surface area contributed by atoms with Gasteiger partial charge < -0.3 is 25.2 Å². The minimum absolute atomic E-state index is 0.0125. The third-order valence-corrected chi connectivity index (χ3v) is 11.1. The topological polar surface area (TPSA) is 155 Å². The molecule has 11 heteroatoms. The molecule has 0 aromatic rings. The van der Waals surface area contributed by atoms with Crippen LogP contribution in [0.25, 0.3) is 0 Å². The van der Waals surface area contributed by atoms with Crippen LogP contribution in [0.15, 0.2) is 48.6 Å². The number of aliphatic carboxylic acids is 1. The summed E-state index contributed by atoms with van der Waals surface area (Å²) in [5, 5.41) is 8.91. The lowest BCUT2D eigenvalue weighted by atomic mass is 10.0. The van der Waals surface area contributed by atoms with Crippen molar-refractivity contribution >= 4 is 19.8 Å². The Balaban J connectivity index is 4.21. The highest BCUT2D eigenvalue weighted by molar-refractivity contribution is 7.47. The standard InChI is InChI=1S/C48H88NO9P/c1-3-5-7-9-11-13-15-17-19-21-23-24-26-28-30-32-34-36-38-40-47(50)58-45(43-56-59(53,54)57-44-46(49)48(51)52)42-55-41-39-37-35-33-31-29-27-25-22-20-18-16-14-12-10-8-6-4-2/h5,7,11,13,17,19,23-24,45-46H,3-4,6,8-10,12,14-16,18,20-22,25-44,49H2,1-2H3,(H,51,52)(H,53,54)/b7-5-,13-11-,19-17-,24-23-. The van der Waals surface area contributed by atoms with Gasteiger partial charge in [0.2, 0.25) is 0 Å². The zero-order valence-corrected chi connectivity index (χ0v) is 38.5. The van der Waals surface area contributed by atoms with E-state index in [1.54, 1.807) is 0 Å². The van der Waals surface area contributed by atoms with E-state index in [2.05, 4.69) is 62.5 Å². The average Bonchev–Trinajstić information content (AvgIpc) is 3.21. The number of nitrogens with two attached hydrogens (primary N) is 1. The van der Waals surface area contributed by atoms with Gasteiger partial charge in [-0.15, -0.1) is 0 Å². The van der Waals surface area contributed by atoms with Gasteiger partial charge in [-0.25, -0.2) is 4.57 Å². The van der Waals surface area contributed by atoms with Crippen molar-refractivity contribution in [2.45, 2.75) is 219 Å². The summed E-state index contributed by atoms with van der Waals surface area (Å²) in [6.07, 6.45) is 51.6. The molecular weight excluding hydrogens is 766 g/mol. The molecular formula is C48H88NO9P. The Hall–Kier alpha value is -2.07. The quantitative estimate of drug-likeness (QED) is 0.0233. The molecule has 0 aliphatic carbocycles. The maximum Gasteiger partial charge on any atom is 0.472 e. The van der Waals surface area contributed by atoms with Gasteiger partial charge in [0.1, 0.15) is 12.1 Å². The Morgan fingerprint density at radius 1 is 0.559 bits per heavy atom. The largest absolute Gasteiger partial charge is 0.480 e. The second kappa shape index (κ2) is 44.0. The van der Waals surface area contributed by atoms with Crippen LogP contribution in [-0.2, 0) is 32.7 Å². The number of carboxylic acid groups (broad SMARTS) is 1. The monoisotopic (exact) mass is 854 g/mol. The van der Waals surface area contributed by atoms with E-state index < -0.39 is 45.1 Å². The fraction of sp³-hybridized carbons (Fsp3) is 0.792. The van der Waals surface area contributed by atoms with Crippen LogP contribution in [0.1, 0.15) is 206 Å². The van der Waals surface area contributed by atoms with Crippen molar-refractivity contribution in [1.29, 1.82) is 0 Å². The summed E-state index contributed by atoms with van der Waals surface area (Å²) in [4.78, 5) is 33.6. The van der Waals surface area contributed by atoms with Gasteiger partial charge >= 0.3 is 19.8 Å². The molecule has 0 fully saturated rings. The van der Waals surface area contributed by atoms with E-state index in [0.717, 1.165) is 83.5 Å². The molecule has 3 atom stereocenters. The van der Waals surface area contributed by atoms with Crippen LogP contribution in [0.5, 0.6) is 0 Å². The molecule has 0 spiro atoms. The highest BCUT2D eigenvalue weighted by Crippen LogP contribution is 2.43. The van der Waals surface area contributed by atoms with Gasteiger partial charge in [-0.2, -0.15) is 0 Å². The smallest absolute Gasteiger partial charge is 0.472 e. The van der Waals surface area contributed by atoms with E-state index in [0.29, 0.717) is 13.0 Å². The molecule has 3 unspecified atom stereocenters. The molecule has 0 heterocycles. The predicted octanol–water partition coefficient (Wildman–Crippen LogP) is 13.4. The number of ether oxygens (including phenoxy) is 2. The molecule has 0 aromatic heterocycles. The molecule has 59 heavy (non-hydrogen) atoms. The maximum absolute atomic E-state index is 12.7. The third-order valence-electron chi connectivity index (χ3n) is 10.1. The summed E-state index contributed by atoms with van der Waals surface area (Å²) < 4.78 is 33.4. The molecule has 0 radical (unpaired) electrons. The van der Waals surface area contributed by atoms with E-state index in [1.165, 1.54) is 96.3 Å². The molecule has 344 valence electrons. The average molecular weight is 854 g/mol. The van der Waals surface area contributed by atoms with Gasteiger partial charge in [0.25, 0.3) is 0 Å². The van der Waals surface area contributed by atoms with Crippen molar-refractivity contribution in [3.63, 3.8) is 0 Å². The molecule has 0 amide bonds. The number of phosphoric acid groups is 1. The lowest BCUT2D eigenvalue weighted by Crippen LogP contribution is -2.34. The molecule has 4 N–H and O–H groups in total. The highest BCUT2D eigenvalue weighted by Gasteiger charge is 2.27. The normalized spacial score (nSPS) is 14.2. The summed E-state index contributed by atoms with van der Waals surface area (Å²) in [5.41, 5.74) is 5.36. The number of carbonyl (C=O) groups is 2. The number of allylic oxidation sites excluding steroid dienone is 8. The van der Waals surface area contributed by atoms with Gasteiger partial charge in [-0.05, 0) is 51.4 Å². The SMILES string of the molecule is CC/C=C\C/C=C\C/C=C\C/C=C\CCCCCCCCC(=O)OC(COCCCCCCCCCCCCCCCCCCCC)COP(=O)(O)OCC(N)C(=O)O. The minimum atomic E-state index is -4.62. The van der Waals surface area contributed by atoms with Crippen molar-refractivity contribution in [2.75, 3.05) is 26.4 Å². The Labute approximate surface area is 360 Å². The van der Waals surface area contributed by atoms with Crippen LogP contribution in [0.3, 0.4) is 0 Å². The Kier molecular flexibility index (Phi) is 42.5. The molecule has 10 nitrogen and oxygen atoms in total. The third kappa shape index (κ3) is 43.8. The lowest BCUT2D eigenvalue weighted by Gasteiger charge is -2.20. The van der Waals surface area contributed by atoms with E-state index in [9.17, 15) is 19.0 Å². The first-order chi connectivity index (χ1) is 28.7. The first kappa shape index (κ1) is 56.9. The van der Waals surface area contributed by atoms with Gasteiger partial charge in [0.15, 0.2) is 0 Å². The van der Waals surface area contributed by atoms with Gasteiger partial charge in [-0.3, -0.25) is 18.6 Å². The summed E-state index contributed by atoms with van der Waals surface area (Å²) in [7, 11) is -4.62. The fourth-order valence-electron chi connectivity index (χ4n) is 6.48. The number of carbonyl (C=O) groups excluding carboxylic acids is 1. The second-order valence-corrected chi connectivity index (χ2v) is 17.3. The number of phosphoric ester groups is 1. The predicted molar refractivity (Wildman–Crippen MR) is 244 cm³/mol. The van der Waals surface area contributed by atoms with Crippen molar-refractivity contribution in [2.24, 2.45) is 5.73 Å². The Morgan fingerprint density at radius 3 is 1.47 bits per heavy atom. The van der Waals surface area contributed by atoms with Crippen molar-refractivity contribution in [3.05, 3.63) is 48.6 Å². The van der Waals surface area contributed by atoms with Crippen molar-refractivity contribution in [1.82, 2.24) is 0 Å². The van der Waals surface area contributed by atoms with Crippen molar-refractivity contribution < 1.29 is 42.7 Å². The maximum atomic E-state index is 12.7. The second-order valence-electron chi connectivity index (χ2n) is 15.9. The van der Waals surface area contributed by atoms with Gasteiger partial charge in [-0.1, -0.05) is 197 Å². The number of hydrogen-bond donors (Lipinski definition) is 3. The highest BCUT2D eigenvalue weighted by atomic mass is 31.2. The zero-order valence-electron chi connectivity index (χ0n) is 37.6. The minimum Gasteiger partial charge on any atom is -0.480 e. The number of carboxylic acids is 1.